The van der Waals surface area contributed by atoms with Gasteiger partial charge in [-0.25, -0.2) is 0 Å². The molecule has 3 N–H and O–H groups in total. The van der Waals surface area contributed by atoms with Gasteiger partial charge in [0.1, 0.15) is 6.04 Å². The molecule has 0 aliphatic heterocycles. The van der Waals surface area contributed by atoms with Crippen LogP contribution in [-0.4, -0.2) is 29.6 Å². The van der Waals surface area contributed by atoms with Crippen LogP contribution in [0.2, 0.25) is 0 Å². The maximum atomic E-state index is 11.8. The largest absolute Gasteiger partial charge is 0.480 e. The third-order valence-corrected chi connectivity index (χ3v) is 3.44. The molecule has 5 nitrogen and oxygen atoms in total. The van der Waals surface area contributed by atoms with E-state index in [2.05, 4.69) is 26.6 Å². The van der Waals surface area contributed by atoms with Crippen LogP contribution in [-0.2, 0) is 9.59 Å². The number of aliphatic carboxylic acids is 1. The number of carbonyl (C=O) groups is 2. The Morgan fingerprint density at radius 3 is 2.57 bits per heavy atom. The van der Waals surface area contributed by atoms with E-state index in [-0.39, 0.29) is 24.9 Å². The molecule has 0 saturated carbocycles. The summed E-state index contributed by atoms with van der Waals surface area (Å²) in [6.45, 7) is 3.83. The number of benzene rings is 1. The van der Waals surface area contributed by atoms with E-state index in [0.717, 1.165) is 16.5 Å². The Kier molecular flexibility index (Phi) is 9.24. The van der Waals surface area contributed by atoms with Crippen molar-refractivity contribution in [2.24, 2.45) is 0 Å². The fourth-order valence-corrected chi connectivity index (χ4v) is 2.33. The number of anilines is 1. The third kappa shape index (κ3) is 6.93. The molecular formula is C14H20BrClN2O3. The maximum Gasteiger partial charge on any atom is 0.320 e. The Bertz CT molecular complexity index is 497. The van der Waals surface area contributed by atoms with Gasteiger partial charge in [-0.15, -0.1) is 12.4 Å². The second kappa shape index (κ2) is 9.76. The zero-order valence-corrected chi connectivity index (χ0v) is 14.4. The molecule has 0 aliphatic carbocycles. The highest BCUT2D eigenvalue weighted by atomic mass is 79.9. The summed E-state index contributed by atoms with van der Waals surface area (Å²) >= 11 is 3.37. The van der Waals surface area contributed by atoms with E-state index in [4.69, 9.17) is 5.11 Å². The summed E-state index contributed by atoms with van der Waals surface area (Å²) in [5, 5.41) is 14.5. The summed E-state index contributed by atoms with van der Waals surface area (Å²) in [6.07, 6.45) is 1.24. The lowest BCUT2D eigenvalue weighted by Gasteiger charge is -2.14. The lowest BCUT2D eigenvalue weighted by molar-refractivity contribution is -0.139. The van der Waals surface area contributed by atoms with Crippen molar-refractivity contribution in [1.82, 2.24) is 5.32 Å². The maximum absolute atomic E-state index is 11.8. The minimum atomic E-state index is -0.934. The van der Waals surface area contributed by atoms with Crippen molar-refractivity contribution in [3.05, 3.63) is 28.2 Å². The Hall–Kier alpha value is -1.11. The van der Waals surface area contributed by atoms with E-state index in [0.29, 0.717) is 12.1 Å². The first-order chi connectivity index (χ1) is 9.43. The van der Waals surface area contributed by atoms with E-state index in [1.54, 1.807) is 6.07 Å². The quantitative estimate of drug-likeness (QED) is 0.680. The van der Waals surface area contributed by atoms with Gasteiger partial charge in [-0.1, -0.05) is 19.4 Å². The summed E-state index contributed by atoms with van der Waals surface area (Å²) in [7, 11) is 0. The predicted octanol–water partition coefficient (Wildman–Crippen LogP) is 2.96. The van der Waals surface area contributed by atoms with Crippen LogP contribution in [0.25, 0.3) is 0 Å². The van der Waals surface area contributed by atoms with Crippen LogP contribution in [0.3, 0.4) is 0 Å². The minimum Gasteiger partial charge on any atom is -0.480 e. The molecule has 0 aliphatic rings. The van der Waals surface area contributed by atoms with Gasteiger partial charge in [-0.3, -0.25) is 14.9 Å². The summed E-state index contributed by atoms with van der Waals surface area (Å²) in [4.78, 5) is 22.7. The van der Waals surface area contributed by atoms with Crippen LogP contribution >= 0.6 is 28.3 Å². The van der Waals surface area contributed by atoms with Crippen LogP contribution in [0.15, 0.2) is 22.7 Å². The monoisotopic (exact) mass is 378 g/mol. The van der Waals surface area contributed by atoms with Gasteiger partial charge in [0.15, 0.2) is 0 Å². The topological polar surface area (TPSA) is 78.4 Å². The van der Waals surface area contributed by atoms with Gasteiger partial charge >= 0.3 is 5.97 Å². The molecule has 1 atom stereocenters. The van der Waals surface area contributed by atoms with E-state index in [1.165, 1.54) is 0 Å². The fourth-order valence-electron chi connectivity index (χ4n) is 1.73. The van der Waals surface area contributed by atoms with Crippen molar-refractivity contribution < 1.29 is 14.7 Å². The Labute approximate surface area is 139 Å². The summed E-state index contributed by atoms with van der Waals surface area (Å²) in [5.41, 5.74) is 1.76. The molecule has 1 amide bonds. The molecule has 0 heterocycles. The van der Waals surface area contributed by atoms with Gasteiger partial charge in [-0.2, -0.15) is 0 Å². The summed E-state index contributed by atoms with van der Waals surface area (Å²) in [5.74, 6) is -1.20. The molecule has 1 aromatic rings. The van der Waals surface area contributed by atoms with Gasteiger partial charge in [0.25, 0.3) is 0 Å². The van der Waals surface area contributed by atoms with Crippen LogP contribution in [0, 0.1) is 6.92 Å². The second-order valence-corrected chi connectivity index (χ2v) is 5.45. The SMILES string of the molecule is CCCC(NCC(=O)Nc1ccc(C)cc1Br)C(=O)O.Cl. The van der Waals surface area contributed by atoms with Gasteiger partial charge in [-0.05, 0) is 47.0 Å². The molecule has 7 heteroatoms. The van der Waals surface area contributed by atoms with Gasteiger partial charge in [0.05, 0.1) is 12.2 Å². The second-order valence-electron chi connectivity index (χ2n) is 4.59. The first-order valence-corrected chi connectivity index (χ1v) is 7.25. The van der Waals surface area contributed by atoms with Gasteiger partial charge in [0.2, 0.25) is 5.91 Å². The van der Waals surface area contributed by atoms with Crippen LogP contribution in [0.5, 0.6) is 0 Å². The molecule has 0 radical (unpaired) electrons. The number of amides is 1. The minimum absolute atomic E-state index is 0. The zero-order chi connectivity index (χ0) is 15.1. The molecule has 118 valence electrons. The van der Waals surface area contributed by atoms with E-state index in [9.17, 15) is 9.59 Å². The molecule has 1 unspecified atom stereocenters. The van der Waals surface area contributed by atoms with Crippen molar-refractivity contribution in [1.29, 1.82) is 0 Å². The highest BCUT2D eigenvalue weighted by Gasteiger charge is 2.16. The van der Waals surface area contributed by atoms with Crippen LogP contribution in [0.4, 0.5) is 5.69 Å². The fraction of sp³-hybridized carbons (Fsp3) is 0.429. The molecule has 0 saturated heterocycles. The van der Waals surface area contributed by atoms with Crippen molar-refractivity contribution >= 4 is 45.9 Å². The molecule has 0 aromatic heterocycles. The predicted molar refractivity (Wildman–Crippen MR) is 89.1 cm³/mol. The van der Waals surface area contributed by atoms with Crippen molar-refractivity contribution in [2.45, 2.75) is 32.7 Å². The lowest BCUT2D eigenvalue weighted by atomic mass is 10.1. The van der Waals surface area contributed by atoms with Crippen LogP contribution < -0.4 is 10.6 Å². The van der Waals surface area contributed by atoms with Crippen molar-refractivity contribution in [3.63, 3.8) is 0 Å². The number of hydrogen-bond acceptors (Lipinski definition) is 3. The summed E-state index contributed by atoms with van der Waals surface area (Å²) in [6, 6.07) is 4.91. The molecule has 1 rings (SSSR count). The number of rotatable bonds is 7. The number of aryl methyl sites for hydroxylation is 1. The number of carbonyl (C=O) groups excluding carboxylic acids is 1. The Balaban J connectivity index is 0.00000400. The van der Waals surface area contributed by atoms with E-state index < -0.39 is 12.0 Å². The Morgan fingerprint density at radius 1 is 1.38 bits per heavy atom. The normalized spacial score (nSPS) is 11.4. The summed E-state index contributed by atoms with van der Waals surface area (Å²) < 4.78 is 0.800. The van der Waals surface area contributed by atoms with Gasteiger partial charge < -0.3 is 10.4 Å². The number of hydrogen-bond donors (Lipinski definition) is 3. The highest BCUT2D eigenvalue weighted by Crippen LogP contribution is 2.23. The average molecular weight is 380 g/mol. The Morgan fingerprint density at radius 2 is 2.05 bits per heavy atom. The average Bonchev–Trinajstić information content (AvgIpc) is 2.37. The number of carboxylic acids is 1. The first-order valence-electron chi connectivity index (χ1n) is 6.46. The molecule has 0 fully saturated rings. The lowest BCUT2D eigenvalue weighted by Crippen LogP contribution is -2.41. The number of halogens is 2. The van der Waals surface area contributed by atoms with Crippen molar-refractivity contribution in [3.8, 4) is 0 Å². The molecule has 21 heavy (non-hydrogen) atoms. The smallest absolute Gasteiger partial charge is 0.320 e. The van der Waals surface area contributed by atoms with Crippen molar-refractivity contribution in [2.75, 3.05) is 11.9 Å². The number of carboxylic acid groups (broad SMARTS) is 1. The molecule has 1 aromatic carbocycles. The van der Waals surface area contributed by atoms with E-state index >= 15 is 0 Å². The highest BCUT2D eigenvalue weighted by molar-refractivity contribution is 9.10. The van der Waals surface area contributed by atoms with Crippen LogP contribution in [0.1, 0.15) is 25.3 Å². The van der Waals surface area contributed by atoms with E-state index in [1.807, 2.05) is 26.0 Å². The molecule has 0 spiro atoms. The van der Waals surface area contributed by atoms with Gasteiger partial charge in [0, 0.05) is 4.47 Å². The number of nitrogens with one attached hydrogen (secondary N) is 2. The molecular weight excluding hydrogens is 360 g/mol. The molecule has 0 bridgehead atoms. The zero-order valence-electron chi connectivity index (χ0n) is 12.0. The third-order valence-electron chi connectivity index (χ3n) is 2.78. The standard InChI is InChI=1S/C14H19BrN2O3.ClH/c1-3-4-12(14(19)20)16-8-13(18)17-11-6-5-9(2)7-10(11)15;/h5-7,12,16H,3-4,8H2,1-2H3,(H,17,18)(H,19,20);1H. The first kappa shape index (κ1) is 19.9.